The van der Waals surface area contributed by atoms with Crippen molar-refractivity contribution in [3.05, 3.63) is 42.1 Å². The molecule has 0 fully saturated rings. The number of hydrogen-bond donors (Lipinski definition) is 3. The van der Waals surface area contributed by atoms with E-state index in [9.17, 15) is 9.59 Å². The molecule has 1 rings (SSSR count). The predicted molar refractivity (Wildman–Crippen MR) is 64.8 cm³/mol. The van der Waals surface area contributed by atoms with Crippen LogP contribution in [-0.4, -0.2) is 17.1 Å². The third-order valence-corrected chi connectivity index (χ3v) is 2.06. The van der Waals surface area contributed by atoms with Crippen molar-refractivity contribution in [2.24, 2.45) is 0 Å². The molecule has 0 aliphatic rings. The number of carbonyl (C=O) groups excluding carboxylic acids is 1. The molecule has 0 bridgehead atoms. The van der Waals surface area contributed by atoms with E-state index in [1.807, 2.05) is 19.1 Å². The smallest absolute Gasteiger partial charge is 0.329 e. The standard InChI is InChI=1S/C12H14N2O3/c1-2-9-3-5-10(6-4-9)14-12(17)13-8-7-11(15)16/h3-8H,2H2,1H3,(H,15,16)(H2,13,14,17)/b8-7+. The summed E-state index contributed by atoms with van der Waals surface area (Å²) in [5.41, 5.74) is 1.84. The Hall–Kier alpha value is -2.30. The van der Waals surface area contributed by atoms with Crippen molar-refractivity contribution in [1.82, 2.24) is 5.32 Å². The molecule has 0 heterocycles. The Morgan fingerprint density at radius 3 is 2.47 bits per heavy atom. The van der Waals surface area contributed by atoms with E-state index in [1.165, 1.54) is 5.56 Å². The molecule has 0 aliphatic heterocycles. The predicted octanol–water partition coefficient (Wildman–Crippen LogP) is 1.97. The van der Waals surface area contributed by atoms with Gasteiger partial charge in [-0.05, 0) is 24.1 Å². The summed E-state index contributed by atoms with van der Waals surface area (Å²) in [5.74, 6) is -1.11. The molecule has 0 aromatic heterocycles. The van der Waals surface area contributed by atoms with Crippen LogP contribution in [0.2, 0.25) is 0 Å². The van der Waals surface area contributed by atoms with E-state index in [-0.39, 0.29) is 0 Å². The SMILES string of the molecule is CCc1ccc(NC(=O)N/C=C/C(=O)O)cc1. The second kappa shape index (κ2) is 6.32. The summed E-state index contributed by atoms with van der Waals surface area (Å²) < 4.78 is 0. The minimum Gasteiger partial charge on any atom is -0.478 e. The molecule has 5 heteroatoms. The van der Waals surface area contributed by atoms with Gasteiger partial charge in [0.2, 0.25) is 0 Å². The first-order chi connectivity index (χ1) is 8.11. The molecule has 17 heavy (non-hydrogen) atoms. The number of rotatable bonds is 4. The number of carboxylic acids is 1. The molecule has 5 nitrogen and oxygen atoms in total. The van der Waals surface area contributed by atoms with Gasteiger partial charge in [0.25, 0.3) is 0 Å². The summed E-state index contributed by atoms with van der Waals surface area (Å²) >= 11 is 0. The number of aryl methyl sites for hydroxylation is 1. The lowest BCUT2D eigenvalue weighted by Gasteiger charge is -2.04. The topological polar surface area (TPSA) is 78.4 Å². The highest BCUT2D eigenvalue weighted by Gasteiger charge is 1.99. The number of nitrogens with one attached hydrogen (secondary N) is 2. The van der Waals surface area contributed by atoms with E-state index >= 15 is 0 Å². The zero-order chi connectivity index (χ0) is 12.7. The third-order valence-electron chi connectivity index (χ3n) is 2.06. The summed E-state index contributed by atoms with van der Waals surface area (Å²) in [6.45, 7) is 2.05. The monoisotopic (exact) mass is 234 g/mol. The Balaban J connectivity index is 2.47. The molecule has 0 saturated heterocycles. The Labute approximate surface area is 99.1 Å². The minimum atomic E-state index is -1.11. The van der Waals surface area contributed by atoms with Crippen LogP contribution in [0.4, 0.5) is 10.5 Å². The third kappa shape index (κ3) is 4.83. The van der Waals surface area contributed by atoms with Gasteiger partial charge in [0.15, 0.2) is 0 Å². The number of carboxylic acid groups (broad SMARTS) is 1. The van der Waals surface area contributed by atoms with Crippen LogP contribution >= 0.6 is 0 Å². The van der Waals surface area contributed by atoms with Gasteiger partial charge in [-0.15, -0.1) is 0 Å². The first-order valence-corrected chi connectivity index (χ1v) is 5.17. The molecular weight excluding hydrogens is 220 g/mol. The summed E-state index contributed by atoms with van der Waals surface area (Å²) in [4.78, 5) is 21.4. The Morgan fingerprint density at radius 1 is 1.29 bits per heavy atom. The summed E-state index contributed by atoms with van der Waals surface area (Å²) in [6.07, 6.45) is 2.85. The van der Waals surface area contributed by atoms with Crippen LogP contribution in [0.5, 0.6) is 0 Å². The summed E-state index contributed by atoms with van der Waals surface area (Å²) in [6, 6.07) is 6.94. The van der Waals surface area contributed by atoms with Crippen molar-refractivity contribution in [1.29, 1.82) is 0 Å². The molecule has 0 unspecified atom stereocenters. The van der Waals surface area contributed by atoms with E-state index < -0.39 is 12.0 Å². The molecule has 0 saturated carbocycles. The van der Waals surface area contributed by atoms with E-state index in [0.717, 1.165) is 18.7 Å². The number of hydrogen-bond acceptors (Lipinski definition) is 2. The highest BCUT2D eigenvalue weighted by atomic mass is 16.4. The van der Waals surface area contributed by atoms with Gasteiger partial charge in [-0.25, -0.2) is 9.59 Å². The molecule has 1 aromatic rings. The van der Waals surface area contributed by atoms with Crippen LogP contribution < -0.4 is 10.6 Å². The lowest BCUT2D eigenvalue weighted by Crippen LogP contribution is -2.24. The van der Waals surface area contributed by atoms with Gasteiger partial charge in [0, 0.05) is 18.0 Å². The van der Waals surface area contributed by atoms with E-state index in [4.69, 9.17) is 5.11 Å². The molecule has 0 spiro atoms. The van der Waals surface area contributed by atoms with Gasteiger partial charge >= 0.3 is 12.0 Å². The Morgan fingerprint density at radius 2 is 1.94 bits per heavy atom. The maximum atomic E-state index is 11.3. The second-order valence-electron chi connectivity index (χ2n) is 3.32. The number of urea groups is 1. The minimum absolute atomic E-state index is 0.480. The first-order valence-electron chi connectivity index (χ1n) is 5.17. The van der Waals surface area contributed by atoms with Gasteiger partial charge < -0.3 is 15.7 Å². The Bertz CT molecular complexity index is 424. The maximum Gasteiger partial charge on any atom is 0.329 e. The van der Waals surface area contributed by atoms with Crippen LogP contribution in [0, 0.1) is 0 Å². The highest BCUT2D eigenvalue weighted by molar-refractivity contribution is 5.90. The highest BCUT2D eigenvalue weighted by Crippen LogP contribution is 2.09. The summed E-state index contributed by atoms with van der Waals surface area (Å²) in [7, 11) is 0. The molecule has 1 aromatic carbocycles. The van der Waals surface area contributed by atoms with Crippen molar-refractivity contribution in [3.63, 3.8) is 0 Å². The second-order valence-corrected chi connectivity index (χ2v) is 3.32. The van der Waals surface area contributed by atoms with Crippen molar-refractivity contribution < 1.29 is 14.7 Å². The lowest BCUT2D eigenvalue weighted by molar-refractivity contribution is -0.131. The first kappa shape index (κ1) is 12.8. The molecule has 0 aliphatic carbocycles. The number of amides is 2. The summed E-state index contributed by atoms with van der Waals surface area (Å²) in [5, 5.41) is 13.2. The van der Waals surface area contributed by atoms with Crippen molar-refractivity contribution in [2.75, 3.05) is 5.32 Å². The van der Waals surface area contributed by atoms with Crippen LogP contribution in [0.25, 0.3) is 0 Å². The Kier molecular flexibility index (Phi) is 4.75. The molecule has 0 radical (unpaired) electrons. The number of carbonyl (C=O) groups is 2. The largest absolute Gasteiger partial charge is 0.478 e. The normalized spacial score (nSPS) is 10.2. The zero-order valence-electron chi connectivity index (χ0n) is 9.43. The fraction of sp³-hybridized carbons (Fsp3) is 0.167. The van der Waals surface area contributed by atoms with Gasteiger partial charge in [0.05, 0.1) is 0 Å². The van der Waals surface area contributed by atoms with Gasteiger partial charge in [0.1, 0.15) is 0 Å². The number of aliphatic carboxylic acids is 1. The average Bonchev–Trinajstić information content (AvgIpc) is 2.29. The van der Waals surface area contributed by atoms with Crippen molar-refractivity contribution >= 4 is 17.7 Å². The fourth-order valence-electron chi connectivity index (χ4n) is 1.18. The lowest BCUT2D eigenvalue weighted by atomic mass is 10.1. The zero-order valence-corrected chi connectivity index (χ0v) is 9.43. The molecule has 0 atom stereocenters. The van der Waals surface area contributed by atoms with Crippen LogP contribution in [0.15, 0.2) is 36.5 Å². The maximum absolute atomic E-state index is 11.3. The molecule has 3 N–H and O–H groups in total. The number of benzene rings is 1. The van der Waals surface area contributed by atoms with Crippen LogP contribution in [-0.2, 0) is 11.2 Å². The van der Waals surface area contributed by atoms with Crippen molar-refractivity contribution in [3.8, 4) is 0 Å². The van der Waals surface area contributed by atoms with Crippen LogP contribution in [0.3, 0.4) is 0 Å². The van der Waals surface area contributed by atoms with Crippen LogP contribution in [0.1, 0.15) is 12.5 Å². The fourth-order valence-corrected chi connectivity index (χ4v) is 1.18. The number of anilines is 1. The molecule has 2 amide bonds. The average molecular weight is 234 g/mol. The van der Waals surface area contributed by atoms with Crippen molar-refractivity contribution in [2.45, 2.75) is 13.3 Å². The van der Waals surface area contributed by atoms with Gasteiger partial charge in [-0.3, -0.25) is 0 Å². The van der Waals surface area contributed by atoms with E-state index in [0.29, 0.717) is 5.69 Å². The van der Waals surface area contributed by atoms with E-state index in [2.05, 4.69) is 10.6 Å². The molecular formula is C12H14N2O3. The quantitative estimate of drug-likeness (QED) is 0.697. The van der Waals surface area contributed by atoms with E-state index in [1.54, 1.807) is 12.1 Å². The van der Waals surface area contributed by atoms with Gasteiger partial charge in [-0.1, -0.05) is 19.1 Å². The molecule has 90 valence electrons. The van der Waals surface area contributed by atoms with Gasteiger partial charge in [-0.2, -0.15) is 0 Å².